The van der Waals surface area contributed by atoms with Crippen molar-refractivity contribution in [3.63, 3.8) is 0 Å². The van der Waals surface area contributed by atoms with Gasteiger partial charge >= 0.3 is 5.97 Å². The van der Waals surface area contributed by atoms with Crippen LogP contribution in [0.5, 0.6) is 0 Å². The van der Waals surface area contributed by atoms with Crippen LogP contribution in [0, 0.1) is 0 Å². The van der Waals surface area contributed by atoms with E-state index in [1.165, 1.54) is 12.7 Å². The van der Waals surface area contributed by atoms with Crippen LogP contribution in [0.25, 0.3) is 0 Å². The molecule has 1 saturated carbocycles. The molecule has 1 aromatic heterocycles. The summed E-state index contributed by atoms with van der Waals surface area (Å²) in [6, 6.07) is 1.78. The average molecular weight is 235 g/mol. The van der Waals surface area contributed by atoms with Crippen LogP contribution in [0.4, 0.5) is 5.82 Å². The first-order valence-corrected chi connectivity index (χ1v) is 5.96. The predicted molar refractivity (Wildman–Crippen MR) is 63.7 cm³/mol. The Morgan fingerprint density at radius 2 is 2.18 bits per heavy atom. The normalized spacial score (nSPS) is 18.6. The summed E-state index contributed by atoms with van der Waals surface area (Å²) in [6.07, 6.45) is 8.40. The summed E-state index contributed by atoms with van der Waals surface area (Å²) in [5, 5.41) is 12.3. The lowest BCUT2D eigenvalue weighted by molar-refractivity contribution is -0.138. The van der Waals surface area contributed by atoms with Gasteiger partial charge in [-0.2, -0.15) is 0 Å². The maximum absolute atomic E-state index is 11.0. The molecule has 0 aliphatic heterocycles. The van der Waals surface area contributed by atoms with Gasteiger partial charge in [0.1, 0.15) is 12.1 Å². The monoisotopic (exact) mass is 235 g/mol. The third kappa shape index (κ3) is 3.15. The minimum absolute atomic E-state index is 0.150. The zero-order valence-corrected chi connectivity index (χ0v) is 9.72. The number of aliphatic carboxylic acids is 1. The highest BCUT2D eigenvalue weighted by Crippen LogP contribution is 2.33. The van der Waals surface area contributed by atoms with E-state index in [4.69, 9.17) is 5.11 Å². The van der Waals surface area contributed by atoms with Gasteiger partial charge in [0, 0.05) is 11.7 Å². The summed E-state index contributed by atoms with van der Waals surface area (Å²) < 4.78 is 0. The summed E-state index contributed by atoms with van der Waals surface area (Å²) in [5.41, 5.74) is -0.335. The van der Waals surface area contributed by atoms with Gasteiger partial charge in [0.05, 0.1) is 6.42 Å². The predicted octanol–water partition coefficient (Wildman–Crippen LogP) is 2.07. The maximum Gasteiger partial charge on any atom is 0.305 e. The van der Waals surface area contributed by atoms with Crippen LogP contribution in [0.3, 0.4) is 0 Å². The van der Waals surface area contributed by atoms with Gasteiger partial charge in [-0.15, -0.1) is 0 Å². The van der Waals surface area contributed by atoms with Crippen LogP contribution < -0.4 is 5.32 Å². The molecule has 0 spiro atoms. The summed E-state index contributed by atoms with van der Waals surface area (Å²) in [7, 11) is 0. The highest BCUT2D eigenvalue weighted by Gasteiger charge is 2.34. The fourth-order valence-electron chi connectivity index (χ4n) is 2.50. The molecule has 1 heterocycles. The molecule has 0 bridgehead atoms. The molecular formula is C12H17N3O2. The lowest BCUT2D eigenvalue weighted by Crippen LogP contribution is -2.42. The van der Waals surface area contributed by atoms with E-state index in [0.717, 1.165) is 25.7 Å². The minimum Gasteiger partial charge on any atom is -0.481 e. The second-order valence-corrected chi connectivity index (χ2v) is 4.63. The van der Waals surface area contributed by atoms with Crippen LogP contribution in [0.1, 0.15) is 38.5 Å². The van der Waals surface area contributed by atoms with Gasteiger partial charge in [-0.3, -0.25) is 4.79 Å². The Labute approximate surface area is 100 Å². The van der Waals surface area contributed by atoms with E-state index < -0.39 is 5.97 Å². The molecule has 0 saturated heterocycles. The highest BCUT2D eigenvalue weighted by atomic mass is 16.4. The number of aromatic nitrogens is 2. The molecule has 92 valence electrons. The van der Waals surface area contributed by atoms with E-state index >= 15 is 0 Å². The number of hydrogen-bond acceptors (Lipinski definition) is 4. The lowest BCUT2D eigenvalue weighted by Gasteiger charge is -2.37. The molecule has 5 nitrogen and oxygen atoms in total. The molecule has 17 heavy (non-hydrogen) atoms. The number of carboxylic acid groups (broad SMARTS) is 1. The molecule has 2 rings (SSSR count). The van der Waals surface area contributed by atoms with Crippen molar-refractivity contribution in [1.29, 1.82) is 0 Å². The summed E-state index contributed by atoms with van der Waals surface area (Å²) >= 11 is 0. The fourth-order valence-corrected chi connectivity index (χ4v) is 2.50. The quantitative estimate of drug-likeness (QED) is 0.835. The number of nitrogens with zero attached hydrogens (tertiary/aromatic N) is 2. The van der Waals surface area contributed by atoms with E-state index in [1.54, 1.807) is 12.3 Å². The van der Waals surface area contributed by atoms with Crippen molar-refractivity contribution in [2.45, 2.75) is 44.1 Å². The van der Waals surface area contributed by atoms with Gasteiger partial charge in [0.15, 0.2) is 0 Å². The largest absolute Gasteiger partial charge is 0.481 e. The van der Waals surface area contributed by atoms with Crippen molar-refractivity contribution in [3.8, 4) is 0 Å². The third-order valence-electron chi connectivity index (χ3n) is 3.28. The van der Waals surface area contributed by atoms with Crippen molar-refractivity contribution in [2.24, 2.45) is 0 Å². The number of carboxylic acids is 1. The minimum atomic E-state index is -0.756. The number of anilines is 1. The molecule has 5 heteroatoms. The van der Waals surface area contributed by atoms with Crippen LogP contribution >= 0.6 is 0 Å². The lowest BCUT2D eigenvalue weighted by atomic mass is 9.79. The van der Waals surface area contributed by atoms with Gasteiger partial charge in [-0.05, 0) is 18.9 Å². The SMILES string of the molecule is O=C(O)CC1(Nc2ccncn2)CCCCC1. The first kappa shape index (κ1) is 11.8. The van der Waals surface area contributed by atoms with E-state index in [1.807, 2.05) is 0 Å². The molecule has 2 N–H and O–H groups in total. The van der Waals surface area contributed by atoms with Gasteiger partial charge in [-0.25, -0.2) is 9.97 Å². The van der Waals surface area contributed by atoms with Gasteiger partial charge in [-0.1, -0.05) is 19.3 Å². The Hall–Kier alpha value is -1.65. The van der Waals surface area contributed by atoms with E-state index in [0.29, 0.717) is 5.82 Å². The number of rotatable bonds is 4. The molecule has 1 aliphatic carbocycles. The van der Waals surface area contributed by atoms with Crippen molar-refractivity contribution in [2.75, 3.05) is 5.32 Å². The topological polar surface area (TPSA) is 75.1 Å². The van der Waals surface area contributed by atoms with Crippen LogP contribution in [0.15, 0.2) is 18.6 Å². The Bertz CT molecular complexity index is 375. The van der Waals surface area contributed by atoms with Crippen LogP contribution in [0.2, 0.25) is 0 Å². The molecule has 1 fully saturated rings. The van der Waals surface area contributed by atoms with E-state index in [-0.39, 0.29) is 12.0 Å². The smallest absolute Gasteiger partial charge is 0.305 e. The first-order valence-electron chi connectivity index (χ1n) is 5.96. The molecule has 0 unspecified atom stereocenters. The summed E-state index contributed by atoms with van der Waals surface area (Å²) in [5.74, 6) is -0.0448. The standard InChI is InChI=1S/C12H17N3O2/c16-11(17)8-12(5-2-1-3-6-12)15-10-4-7-13-9-14-10/h4,7,9H,1-3,5-6,8H2,(H,16,17)(H,13,14,15). The van der Waals surface area contributed by atoms with Crippen LogP contribution in [-0.4, -0.2) is 26.6 Å². The van der Waals surface area contributed by atoms with Crippen molar-refractivity contribution >= 4 is 11.8 Å². The average Bonchev–Trinajstić information content (AvgIpc) is 2.30. The molecule has 0 aromatic carbocycles. The Kier molecular flexibility index (Phi) is 3.56. The second-order valence-electron chi connectivity index (χ2n) is 4.63. The zero-order chi connectivity index (χ0) is 12.1. The molecule has 0 amide bonds. The van der Waals surface area contributed by atoms with Crippen molar-refractivity contribution < 1.29 is 9.90 Å². The van der Waals surface area contributed by atoms with E-state index in [9.17, 15) is 4.79 Å². The Morgan fingerprint density at radius 1 is 1.41 bits per heavy atom. The molecular weight excluding hydrogens is 218 g/mol. The van der Waals surface area contributed by atoms with E-state index in [2.05, 4.69) is 15.3 Å². The molecule has 0 radical (unpaired) electrons. The summed E-state index contributed by atoms with van der Waals surface area (Å²) in [4.78, 5) is 19.0. The number of hydrogen-bond donors (Lipinski definition) is 2. The third-order valence-corrected chi connectivity index (χ3v) is 3.28. The van der Waals surface area contributed by atoms with Gasteiger partial charge in [0.25, 0.3) is 0 Å². The Morgan fingerprint density at radius 3 is 2.76 bits per heavy atom. The highest BCUT2D eigenvalue weighted by molar-refractivity contribution is 5.69. The fraction of sp³-hybridized carbons (Fsp3) is 0.583. The van der Waals surface area contributed by atoms with Crippen molar-refractivity contribution in [1.82, 2.24) is 9.97 Å². The summed E-state index contributed by atoms with van der Waals surface area (Å²) in [6.45, 7) is 0. The maximum atomic E-state index is 11.0. The number of nitrogens with one attached hydrogen (secondary N) is 1. The molecule has 1 aliphatic rings. The molecule has 1 aromatic rings. The first-order chi connectivity index (χ1) is 8.20. The van der Waals surface area contributed by atoms with Crippen molar-refractivity contribution in [3.05, 3.63) is 18.6 Å². The number of carbonyl (C=O) groups is 1. The van der Waals surface area contributed by atoms with Gasteiger partial charge < -0.3 is 10.4 Å². The second kappa shape index (κ2) is 5.12. The Balaban J connectivity index is 2.12. The zero-order valence-electron chi connectivity index (χ0n) is 9.72. The molecule has 0 atom stereocenters. The van der Waals surface area contributed by atoms with Gasteiger partial charge in [0.2, 0.25) is 0 Å². The van der Waals surface area contributed by atoms with Crippen LogP contribution in [-0.2, 0) is 4.79 Å².